The summed E-state index contributed by atoms with van der Waals surface area (Å²) in [5, 5.41) is 18.7. The minimum atomic E-state index is -1.49. The van der Waals surface area contributed by atoms with Crippen LogP contribution in [0.25, 0.3) is 0 Å². The van der Waals surface area contributed by atoms with Gasteiger partial charge in [-0.25, -0.2) is 14.4 Å². The molecule has 15 heteroatoms. The van der Waals surface area contributed by atoms with Gasteiger partial charge in [0.05, 0.1) is 6.42 Å². The number of nitrogens with zero attached hydrogens (tertiary/aromatic N) is 1. The van der Waals surface area contributed by atoms with Gasteiger partial charge in [0.25, 0.3) is 0 Å². The van der Waals surface area contributed by atoms with Crippen molar-refractivity contribution < 1.29 is 48.1 Å². The second-order valence-electron chi connectivity index (χ2n) is 12.2. The highest BCUT2D eigenvalue weighted by atomic mass is 16.6. The number of carboxylic acids is 1. The van der Waals surface area contributed by atoms with Crippen LogP contribution >= 0.6 is 0 Å². The normalized spacial score (nSPS) is 13.1. The van der Waals surface area contributed by atoms with E-state index < -0.39 is 71.4 Å². The van der Waals surface area contributed by atoms with Crippen molar-refractivity contribution in [1.29, 1.82) is 0 Å². The third kappa shape index (κ3) is 19.0. The smallest absolute Gasteiger partial charge is 0.408 e. The van der Waals surface area contributed by atoms with Gasteiger partial charge in [0.15, 0.2) is 0 Å². The summed E-state index contributed by atoms with van der Waals surface area (Å²) in [7, 11) is 0. The average molecular weight is 590 g/mol. The average Bonchev–Trinajstić information content (AvgIpc) is 2.73. The monoisotopic (exact) mass is 589 g/mol. The molecule has 0 aliphatic heterocycles. The molecule has 0 aromatic heterocycles. The van der Waals surface area contributed by atoms with Gasteiger partial charge in [0, 0.05) is 26.2 Å². The fourth-order valence-electron chi connectivity index (χ4n) is 2.91. The third-order valence-electron chi connectivity index (χ3n) is 4.57. The van der Waals surface area contributed by atoms with Crippen LogP contribution in [0, 0.1) is 0 Å². The molecule has 0 spiro atoms. The molecule has 41 heavy (non-hydrogen) atoms. The standard InChI is InChI=1S/C26H47N5O10/c1-16(20(34)35)29-19(33)17(30-23(38)41-26(8,9)10)15-18(32)31(13-11-27-21(36)39-24(2,3)4)14-12-28-22(37)40-25(5,6)7/h16-17H,11-15H2,1-10H3,(H,27,36)(H,28,37)(H,29,33)(H,30,38)(H,34,35)/t16-,17?/m0/s1. The Kier molecular flexibility index (Phi) is 14.4. The first-order valence-electron chi connectivity index (χ1n) is 13.2. The molecule has 0 heterocycles. The van der Waals surface area contributed by atoms with E-state index >= 15 is 0 Å². The number of alkyl carbamates (subject to hydrolysis) is 3. The molecule has 0 saturated heterocycles. The van der Waals surface area contributed by atoms with E-state index in [1.807, 2.05) is 0 Å². The molecule has 0 rings (SSSR count). The van der Waals surface area contributed by atoms with Crippen molar-refractivity contribution >= 4 is 36.1 Å². The summed E-state index contributed by atoms with van der Waals surface area (Å²) in [6, 6.07) is -2.79. The van der Waals surface area contributed by atoms with Gasteiger partial charge in [-0.1, -0.05) is 0 Å². The van der Waals surface area contributed by atoms with Crippen molar-refractivity contribution in [2.45, 2.75) is 105 Å². The number of carbonyl (C=O) groups is 6. The number of carbonyl (C=O) groups excluding carboxylic acids is 5. The summed E-state index contributed by atoms with van der Waals surface area (Å²) >= 11 is 0. The number of hydrogen-bond acceptors (Lipinski definition) is 9. The van der Waals surface area contributed by atoms with Crippen molar-refractivity contribution in [3.63, 3.8) is 0 Å². The first-order chi connectivity index (χ1) is 18.5. The minimum Gasteiger partial charge on any atom is -0.480 e. The maximum absolute atomic E-state index is 13.3. The van der Waals surface area contributed by atoms with Crippen molar-refractivity contribution in [3.05, 3.63) is 0 Å². The van der Waals surface area contributed by atoms with E-state index in [0.717, 1.165) is 0 Å². The summed E-state index contributed by atoms with van der Waals surface area (Å²) in [4.78, 5) is 75.1. The minimum absolute atomic E-state index is 0.0283. The Morgan fingerprint density at radius 3 is 1.44 bits per heavy atom. The van der Waals surface area contributed by atoms with Gasteiger partial charge < -0.3 is 45.5 Å². The molecule has 0 bridgehead atoms. The van der Waals surface area contributed by atoms with E-state index in [1.54, 1.807) is 62.3 Å². The highest BCUT2D eigenvalue weighted by Gasteiger charge is 2.30. The highest BCUT2D eigenvalue weighted by Crippen LogP contribution is 2.09. The lowest BCUT2D eigenvalue weighted by molar-refractivity contribution is -0.141. The van der Waals surface area contributed by atoms with Crippen LogP contribution in [0.3, 0.4) is 0 Å². The number of amides is 5. The molecule has 0 radical (unpaired) electrons. The van der Waals surface area contributed by atoms with Crippen LogP contribution in [-0.4, -0.2) is 101 Å². The van der Waals surface area contributed by atoms with Crippen molar-refractivity contribution in [3.8, 4) is 0 Å². The van der Waals surface area contributed by atoms with Crippen molar-refractivity contribution in [2.24, 2.45) is 0 Å². The fourth-order valence-corrected chi connectivity index (χ4v) is 2.91. The molecule has 236 valence electrons. The molecule has 5 N–H and O–H groups in total. The molecular formula is C26H47N5O10. The van der Waals surface area contributed by atoms with Gasteiger partial charge in [0.2, 0.25) is 11.8 Å². The highest BCUT2D eigenvalue weighted by molar-refractivity contribution is 5.93. The van der Waals surface area contributed by atoms with Gasteiger partial charge >= 0.3 is 24.2 Å². The number of rotatable bonds is 12. The Balaban J connectivity index is 5.68. The molecule has 0 fully saturated rings. The zero-order valence-corrected chi connectivity index (χ0v) is 25.8. The molecule has 1 unspecified atom stereocenters. The third-order valence-corrected chi connectivity index (χ3v) is 4.57. The van der Waals surface area contributed by atoms with Gasteiger partial charge in [-0.05, 0) is 69.2 Å². The lowest BCUT2D eigenvalue weighted by Gasteiger charge is -2.27. The second kappa shape index (κ2) is 15.9. The summed E-state index contributed by atoms with van der Waals surface area (Å²) < 4.78 is 15.6. The number of ether oxygens (including phenoxy) is 3. The SMILES string of the molecule is C[C@H](NC(=O)C(CC(=O)N(CCNC(=O)OC(C)(C)C)CCNC(=O)OC(C)(C)C)NC(=O)OC(C)(C)C)C(=O)O. The lowest BCUT2D eigenvalue weighted by Crippen LogP contribution is -2.54. The zero-order valence-electron chi connectivity index (χ0n) is 25.8. The Morgan fingerprint density at radius 1 is 0.683 bits per heavy atom. The predicted molar refractivity (Wildman–Crippen MR) is 148 cm³/mol. The molecule has 0 saturated carbocycles. The topological polar surface area (TPSA) is 202 Å². The Labute approximate surface area is 241 Å². The first-order valence-corrected chi connectivity index (χ1v) is 13.2. The Morgan fingerprint density at radius 2 is 1.07 bits per heavy atom. The predicted octanol–water partition coefficient (Wildman–Crippen LogP) is 1.74. The van der Waals surface area contributed by atoms with Crippen LogP contribution in [0.15, 0.2) is 0 Å². The molecule has 0 aliphatic carbocycles. The Hall–Kier alpha value is -3.78. The van der Waals surface area contributed by atoms with Crippen LogP contribution in [0.5, 0.6) is 0 Å². The number of hydrogen-bond donors (Lipinski definition) is 5. The molecular weight excluding hydrogens is 542 g/mol. The number of aliphatic carboxylic acids is 1. The van der Waals surface area contributed by atoms with E-state index in [9.17, 15) is 28.8 Å². The summed E-state index contributed by atoms with van der Waals surface area (Å²) in [6.45, 7) is 16.1. The molecule has 0 aromatic carbocycles. The Bertz CT molecular complexity index is 900. The van der Waals surface area contributed by atoms with E-state index in [1.165, 1.54) is 11.8 Å². The number of nitrogens with one attached hydrogen (secondary N) is 4. The van der Waals surface area contributed by atoms with Crippen molar-refractivity contribution in [1.82, 2.24) is 26.2 Å². The summed E-state index contributed by atoms with van der Waals surface area (Å²) in [5.41, 5.74) is -2.38. The molecule has 15 nitrogen and oxygen atoms in total. The van der Waals surface area contributed by atoms with Gasteiger partial charge in [-0.3, -0.25) is 14.4 Å². The summed E-state index contributed by atoms with van der Waals surface area (Å²) in [6.07, 6.45) is -2.97. The van der Waals surface area contributed by atoms with Crippen LogP contribution in [0.2, 0.25) is 0 Å². The summed E-state index contributed by atoms with van der Waals surface area (Å²) in [5.74, 6) is -2.87. The van der Waals surface area contributed by atoms with E-state index in [4.69, 9.17) is 19.3 Å². The fraction of sp³-hybridized carbons (Fsp3) is 0.769. The van der Waals surface area contributed by atoms with Gasteiger partial charge in [0.1, 0.15) is 28.9 Å². The molecule has 0 aliphatic rings. The molecule has 0 aromatic rings. The number of carboxylic acid groups (broad SMARTS) is 1. The van der Waals surface area contributed by atoms with Gasteiger partial charge in [-0.2, -0.15) is 0 Å². The second-order valence-corrected chi connectivity index (χ2v) is 12.2. The van der Waals surface area contributed by atoms with Crippen LogP contribution in [0.1, 0.15) is 75.7 Å². The maximum Gasteiger partial charge on any atom is 0.408 e. The quantitative estimate of drug-likeness (QED) is 0.209. The molecule has 2 atom stereocenters. The van der Waals surface area contributed by atoms with E-state index in [-0.39, 0.29) is 26.2 Å². The zero-order chi connectivity index (χ0) is 32.2. The van der Waals surface area contributed by atoms with E-state index in [2.05, 4.69) is 21.3 Å². The van der Waals surface area contributed by atoms with Crippen molar-refractivity contribution in [2.75, 3.05) is 26.2 Å². The maximum atomic E-state index is 13.3. The van der Waals surface area contributed by atoms with Crippen LogP contribution in [0.4, 0.5) is 14.4 Å². The first kappa shape index (κ1) is 37.2. The van der Waals surface area contributed by atoms with Crippen LogP contribution in [-0.2, 0) is 28.6 Å². The largest absolute Gasteiger partial charge is 0.480 e. The molecule has 5 amide bonds. The lowest BCUT2D eigenvalue weighted by atomic mass is 10.1. The van der Waals surface area contributed by atoms with Gasteiger partial charge in [-0.15, -0.1) is 0 Å². The van der Waals surface area contributed by atoms with E-state index in [0.29, 0.717) is 0 Å². The van der Waals surface area contributed by atoms with Crippen LogP contribution < -0.4 is 21.3 Å².